The van der Waals surface area contributed by atoms with Crippen molar-refractivity contribution in [1.82, 2.24) is 14.5 Å². The number of ether oxygens (including phenoxy) is 1. The molecule has 2 aliphatic carbocycles. The highest BCUT2D eigenvalue weighted by Crippen LogP contribution is 2.36. The highest BCUT2D eigenvalue weighted by molar-refractivity contribution is 6.29. The molecule has 5 rings (SSSR count). The second-order valence-corrected chi connectivity index (χ2v) is 10.5. The maximum atomic E-state index is 13.0. The summed E-state index contributed by atoms with van der Waals surface area (Å²) in [4.78, 5) is 29.9. The van der Waals surface area contributed by atoms with Crippen LogP contribution in [0.5, 0.6) is 5.75 Å². The van der Waals surface area contributed by atoms with Gasteiger partial charge in [-0.25, -0.2) is 4.98 Å². The van der Waals surface area contributed by atoms with Crippen molar-refractivity contribution in [3.8, 4) is 11.8 Å². The Labute approximate surface area is 226 Å². The number of hydrogen-bond donors (Lipinski definition) is 0. The third kappa shape index (κ3) is 5.18. The van der Waals surface area contributed by atoms with E-state index >= 15 is 0 Å². The molecule has 3 heterocycles. The van der Waals surface area contributed by atoms with Crippen LogP contribution in [0.3, 0.4) is 0 Å². The Morgan fingerprint density at radius 3 is 2.61 bits per heavy atom. The molecule has 2 fully saturated rings. The van der Waals surface area contributed by atoms with Crippen LogP contribution in [0, 0.1) is 23.2 Å². The second-order valence-electron chi connectivity index (χ2n) is 10.1. The molecular weight excluding hydrogens is 504 g/mol. The first kappa shape index (κ1) is 26.0. The van der Waals surface area contributed by atoms with E-state index in [-0.39, 0.29) is 23.1 Å². The Balaban J connectivity index is 1.40. The molecule has 3 aromatic rings. The summed E-state index contributed by atoms with van der Waals surface area (Å²) >= 11 is 6.23. The smallest absolute Gasteiger partial charge is 0.270 e. The van der Waals surface area contributed by atoms with E-state index in [2.05, 4.69) is 21.2 Å². The standard InChI is InChI=1S/C28H31ClN6O3/c1-34(27-21(14-30)28(36)35(2)23-12-13-24(29)32-26(23)27)19-8-6-18(7-9-19)25(33-38-16-17-4-5-17)22-11-10-20(37-3)15-31-22/h10-13,15,17-19H,4-9,16H2,1-3H3/b33-25-/t18-,19-. The van der Waals surface area contributed by atoms with Crippen molar-refractivity contribution in [3.63, 3.8) is 0 Å². The van der Waals surface area contributed by atoms with Gasteiger partial charge in [-0.2, -0.15) is 5.26 Å². The van der Waals surface area contributed by atoms with Gasteiger partial charge in [0, 0.05) is 26.1 Å². The lowest BCUT2D eigenvalue weighted by molar-refractivity contribution is 0.131. The maximum absolute atomic E-state index is 13.0. The molecule has 9 nitrogen and oxygen atoms in total. The summed E-state index contributed by atoms with van der Waals surface area (Å²) in [5, 5.41) is 14.8. The van der Waals surface area contributed by atoms with Crippen molar-refractivity contribution in [2.24, 2.45) is 24.0 Å². The van der Waals surface area contributed by atoms with Gasteiger partial charge >= 0.3 is 0 Å². The van der Waals surface area contributed by atoms with E-state index in [9.17, 15) is 10.1 Å². The van der Waals surface area contributed by atoms with Crippen LogP contribution in [0.2, 0.25) is 5.15 Å². The minimum Gasteiger partial charge on any atom is -0.495 e. The van der Waals surface area contributed by atoms with Gasteiger partial charge in [-0.1, -0.05) is 16.8 Å². The zero-order chi connectivity index (χ0) is 26.8. The highest BCUT2D eigenvalue weighted by atomic mass is 35.5. The molecule has 0 bridgehead atoms. The van der Waals surface area contributed by atoms with Crippen molar-refractivity contribution in [3.05, 3.63) is 57.2 Å². The molecule has 0 saturated heterocycles. The fourth-order valence-electron chi connectivity index (χ4n) is 5.21. The first-order valence-corrected chi connectivity index (χ1v) is 13.3. The second kappa shape index (κ2) is 11.0. The Morgan fingerprint density at radius 1 is 1.21 bits per heavy atom. The molecule has 0 spiro atoms. The predicted molar refractivity (Wildman–Crippen MR) is 147 cm³/mol. The van der Waals surface area contributed by atoms with Crippen LogP contribution in [0.25, 0.3) is 11.0 Å². The highest BCUT2D eigenvalue weighted by Gasteiger charge is 2.32. The monoisotopic (exact) mass is 534 g/mol. The third-order valence-electron chi connectivity index (χ3n) is 7.68. The van der Waals surface area contributed by atoms with E-state index in [4.69, 9.17) is 21.2 Å². The number of aromatic nitrogens is 3. The van der Waals surface area contributed by atoms with Crippen molar-refractivity contribution < 1.29 is 9.57 Å². The maximum Gasteiger partial charge on any atom is 0.270 e. The first-order chi connectivity index (χ1) is 18.4. The quantitative estimate of drug-likeness (QED) is 0.234. The van der Waals surface area contributed by atoms with Gasteiger partial charge in [-0.3, -0.25) is 9.78 Å². The van der Waals surface area contributed by atoms with Crippen LogP contribution in [0.4, 0.5) is 5.69 Å². The van der Waals surface area contributed by atoms with Crippen LogP contribution in [0.15, 0.2) is 40.4 Å². The van der Waals surface area contributed by atoms with Crippen LogP contribution in [-0.2, 0) is 11.9 Å². The number of rotatable bonds is 8. The van der Waals surface area contributed by atoms with Gasteiger partial charge in [0.05, 0.1) is 30.2 Å². The zero-order valence-corrected chi connectivity index (χ0v) is 22.6. The Kier molecular flexibility index (Phi) is 7.52. The topological polar surface area (TPSA) is 106 Å². The molecule has 0 atom stereocenters. The van der Waals surface area contributed by atoms with Gasteiger partial charge in [0.1, 0.15) is 40.4 Å². The lowest BCUT2D eigenvalue weighted by atomic mass is 9.81. The van der Waals surface area contributed by atoms with Crippen LogP contribution < -0.4 is 15.2 Å². The van der Waals surface area contributed by atoms with Crippen LogP contribution >= 0.6 is 11.6 Å². The van der Waals surface area contributed by atoms with Gasteiger partial charge in [0.15, 0.2) is 0 Å². The average molecular weight is 535 g/mol. The van der Waals surface area contributed by atoms with Crippen molar-refractivity contribution >= 4 is 34.0 Å². The van der Waals surface area contributed by atoms with E-state index in [1.165, 1.54) is 17.4 Å². The number of halogens is 1. The Morgan fingerprint density at radius 2 is 1.97 bits per heavy atom. The number of aryl methyl sites for hydroxylation is 1. The molecule has 0 N–H and O–H groups in total. The number of fused-ring (bicyclic) bond motifs is 1. The number of methoxy groups -OCH3 is 1. The van der Waals surface area contributed by atoms with E-state index < -0.39 is 0 Å². The van der Waals surface area contributed by atoms with Crippen molar-refractivity contribution in [2.75, 3.05) is 25.7 Å². The lowest BCUT2D eigenvalue weighted by Gasteiger charge is -2.36. The van der Waals surface area contributed by atoms with Gasteiger partial charge < -0.3 is 19.0 Å². The Hall–Kier alpha value is -3.64. The lowest BCUT2D eigenvalue weighted by Crippen LogP contribution is -2.39. The van der Waals surface area contributed by atoms with E-state index in [0.717, 1.165) is 37.1 Å². The fraction of sp³-hybridized carbons (Fsp3) is 0.464. The number of pyridine rings is 3. The SMILES string of the molecule is COc1ccc(/C(=N\OCC2CC2)[C@H]2CC[C@H](N(C)c3c(C#N)c(=O)n(C)c4ccc(Cl)nc34)CC2)nc1. The molecule has 2 saturated carbocycles. The first-order valence-electron chi connectivity index (χ1n) is 12.9. The van der Waals surface area contributed by atoms with Gasteiger partial charge in [0.25, 0.3) is 5.56 Å². The van der Waals surface area contributed by atoms with Crippen molar-refractivity contribution in [1.29, 1.82) is 5.26 Å². The van der Waals surface area contributed by atoms with Gasteiger partial charge in [0.2, 0.25) is 0 Å². The summed E-state index contributed by atoms with van der Waals surface area (Å²) < 4.78 is 6.73. The molecule has 0 amide bonds. The molecular formula is C28H31ClN6O3. The summed E-state index contributed by atoms with van der Waals surface area (Å²) in [6.07, 6.45) is 7.53. The number of oxime groups is 1. The number of anilines is 1. The van der Waals surface area contributed by atoms with E-state index in [1.807, 2.05) is 24.1 Å². The molecule has 0 unspecified atom stereocenters. The molecule has 198 valence electrons. The summed E-state index contributed by atoms with van der Waals surface area (Å²) in [6.45, 7) is 0.639. The van der Waals surface area contributed by atoms with E-state index in [0.29, 0.717) is 40.1 Å². The van der Waals surface area contributed by atoms with Gasteiger partial charge in [-0.15, -0.1) is 0 Å². The minimum absolute atomic E-state index is 0.0811. The molecule has 3 aromatic heterocycles. The van der Waals surface area contributed by atoms with Crippen molar-refractivity contribution in [2.45, 2.75) is 44.6 Å². The minimum atomic E-state index is -0.340. The number of nitrogens with zero attached hydrogens (tertiary/aromatic N) is 6. The fourth-order valence-corrected chi connectivity index (χ4v) is 5.36. The van der Waals surface area contributed by atoms with Crippen LogP contribution in [-0.4, -0.2) is 47.1 Å². The predicted octanol–water partition coefficient (Wildman–Crippen LogP) is 4.69. The Bertz CT molecular complexity index is 1450. The van der Waals surface area contributed by atoms with E-state index in [1.54, 1.807) is 32.5 Å². The summed E-state index contributed by atoms with van der Waals surface area (Å²) in [7, 11) is 5.20. The summed E-state index contributed by atoms with van der Waals surface area (Å²) in [5.74, 6) is 1.49. The molecule has 10 heteroatoms. The summed E-state index contributed by atoms with van der Waals surface area (Å²) in [5.41, 5.74) is 3.13. The number of hydrogen-bond acceptors (Lipinski definition) is 8. The summed E-state index contributed by atoms with van der Waals surface area (Å²) in [6, 6.07) is 9.48. The molecule has 0 aliphatic heterocycles. The normalized spacial score (nSPS) is 19.7. The van der Waals surface area contributed by atoms with Crippen LogP contribution in [0.1, 0.15) is 49.8 Å². The average Bonchev–Trinajstić information content (AvgIpc) is 3.77. The largest absolute Gasteiger partial charge is 0.495 e. The molecule has 38 heavy (non-hydrogen) atoms. The van der Waals surface area contributed by atoms with Gasteiger partial charge in [-0.05, 0) is 68.7 Å². The number of nitriles is 1. The molecule has 2 aliphatic rings. The zero-order valence-electron chi connectivity index (χ0n) is 21.9. The molecule has 0 radical (unpaired) electrons. The molecule has 0 aromatic carbocycles. The third-order valence-corrected chi connectivity index (χ3v) is 7.89.